The van der Waals surface area contributed by atoms with E-state index >= 15 is 0 Å². The number of ketones is 1. The molecular weight excluding hydrogens is 361 g/mol. The van der Waals surface area contributed by atoms with Crippen molar-refractivity contribution in [2.24, 2.45) is 0 Å². The van der Waals surface area contributed by atoms with Crippen molar-refractivity contribution in [3.63, 3.8) is 0 Å². The van der Waals surface area contributed by atoms with Crippen LogP contribution in [0.5, 0.6) is 0 Å². The van der Waals surface area contributed by atoms with Crippen molar-refractivity contribution in [2.45, 2.75) is 6.04 Å². The van der Waals surface area contributed by atoms with Gasteiger partial charge in [0.05, 0.1) is 11.6 Å². The summed E-state index contributed by atoms with van der Waals surface area (Å²) in [5, 5.41) is 10.8. The van der Waals surface area contributed by atoms with Crippen LogP contribution in [-0.2, 0) is 9.59 Å². The van der Waals surface area contributed by atoms with E-state index in [2.05, 4.69) is 9.97 Å². The Hall–Kier alpha value is -3.87. The number of halogens is 1. The van der Waals surface area contributed by atoms with Crippen LogP contribution in [0.2, 0.25) is 0 Å². The highest BCUT2D eigenvalue weighted by Crippen LogP contribution is 2.40. The molecule has 1 amide bonds. The summed E-state index contributed by atoms with van der Waals surface area (Å²) in [5.41, 5.74) is 0.738. The molecule has 1 atom stereocenters. The number of amides is 1. The van der Waals surface area contributed by atoms with Gasteiger partial charge in [-0.05, 0) is 35.9 Å². The van der Waals surface area contributed by atoms with Gasteiger partial charge in [-0.25, -0.2) is 14.4 Å². The van der Waals surface area contributed by atoms with Crippen LogP contribution in [0.25, 0.3) is 5.76 Å². The zero-order chi connectivity index (χ0) is 19.7. The Kier molecular flexibility index (Phi) is 4.41. The van der Waals surface area contributed by atoms with E-state index in [1.165, 1.54) is 36.7 Å². The van der Waals surface area contributed by atoms with E-state index < -0.39 is 23.5 Å². The van der Waals surface area contributed by atoms with Crippen molar-refractivity contribution < 1.29 is 19.1 Å². The predicted octanol–water partition coefficient (Wildman–Crippen LogP) is 3.24. The molecule has 0 radical (unpaired) electrons. The van der Waals surface area contributed by atoms with Crippen molar-refractivity contribution in [1.29, 1.82) is 0 Å². The molecule has 4 rings (SSSR count). The molecule has 1 unspecified atom stereocenters. The fourth-order valence-electron chi connectivity index (χ4n) is 3.17. The number of carbonyl (C=O) groups excluding carboxylic acids is 2. The molecule has 1 N–H and O–H groups in total. The lowest BCUT2D eigenvalue weighted by Crippen LogP contribution is -2.31. The third kappa shape index (κ3) is 2.92. The third-order valence-corrected chi connectivity index (χ3v) is 4.45. The van der Waals surface area contributed by atoms with E-state index in [1.54, 1.807) is 36.4 Å². The molecule has 2 heterocycles. The number of anilines is 1. The van der Waals surface area contributed by atoms with E-state index in [0.717, 1.165) is 4.90 Å². The van der Waals surface area contributed by atoms with Crippen LogP contribution in [-0.4, -0.2) is 26.8 Å². The second kappa shape index (κ2) is 7.03. The molecule has 28 heavy (non-hydrogen) atoms. The molecule has 1 aromatic heterocycles. The standard InChI is InChI=1S/C21H14FN3O3/c22-15-9-7-14(8-10-15)18(26)16-17(13-5-2-1-3-6-13)25(20(28)19(16)27)21-23-11-4-12-24-21/h1-12,17,26H/b18-16+. The van der Waals surface area contributed by atoms with Gasteiger partial charge in [0.25, 0.3) is 5.78 Å². The summed E-state index contributed by atoms with van der Waals surface area (Å²) in [5.74, 6) is -2.51. The second-order valence-corrected chi connectivity index (χ2v) is 6.14. The maximum absolute atomic E-state index is 13.2. The summed E-state index contributed by atoms with van der Waals surface area (Å²) in [6, 6.07) is 14.5. The molecule has 0 spiro atoms. The highest BCUT2D eigenvalue weighted by Gasteiger charge is 2.48. The molecule has 1 aliphatic heterocycles. The van der Waals surface area contributed by atoms with Crippen LogP contribution in [0.1, 0.15) is 17.2 Å². The average Bonchev–Trinajstić information content (AvgIpc) is 3.00. The van der Waals surface area contributed by atoms with Gasteiger partial charge >= 0.3 is 5.91 Å². The lowest BCUT2D eigenvalue weighted by atomic mass is 9.95. The summed E-state index contributed by atoms with van der Waals surface area (Å²) >= 11 is 0. The first-order valence-corrected chi connectivity index (χ1v) is 8.47. The van der Waals surface area contributed by atoms with Crippen molar-refractivity contribution in [3.8, 4) is 0 Å². The fourth-order valence-corrected chi connectivity index (χ4v) is 3.17. The Balaban J connectivity index is 1.94. The van der Waals surface area contributed by atoms with Crippen molar-refractivity contribution in [2.75, 3.05) is 4.90 Å². The van der Waals surface area contributed by atoms with Crippen molar-refractivity contribution in [1.82, 2.24) is 9.97 Å². The minimum Gasteiger partial charge on any atom is -0.507 e. The maximum Gasteiger partial charge on any atom is 0.302 e. The molecule has 1 fully saturated rings. The molecule has 6 nitrogen and oxygen atoms in total. The summed E-state index contributed by atoms with van der Waals surface area (Å²) in [6.07, 6.45) is 2.92. The maximum atomic E-state index is 13.2. The fraction of sp³-hybridized carbons (Fsp3) is 0.0476. The lowest BCUT2D eigenvalue weighted by Gasteiger charge is -2.23. The van der Waals surface area contributed by atoms with Crippen LogP contribution in [0.3, 0.4) is 0 Å². The number of benzene rings is 2. The monoisotopic (exact) mass is 375 g/mol. The zero-order valence-corrected chi connectivity index (χ0v) is 14.5. The van der Waals surface area contributed by atoms with Gasteiger partial charge in [-0.1, -0.05) is 30.3 Å². The molecule has 2 aromatic carbocycles. The van der Waals surface area contributed by atoms with Gasteiger partial charge in [-0.3, -0.25) is 14.5 Å². The molecule has 7 heteroatoms. The van der Waals surface area contributed by atoms with E-state index in [9.17, 15) is 19.1 Å². The first-order chi connectivity index (χ1) is 13.6. The molecule has 0 saturated carbocycles. The summed E-state index contributed by atoms with van der Waals surface area (Å²) in [7, 11) is 0. The number of aromatic nitrogens is 2. The van der Waals surface area contributed by atoms with E-state index in [1.807, 2.05) is 0 Å². The number of aliphatic hydroxyl groups excluding tert-OH is 1. The summed E-state index contributed by atoms with van der Waals surface area (Å²) < 4.78 is 13.2. The van der Waals surface area contributed by atoms with Crippen molar-refractivity contribution >= 4 is 23.4 Å². The van der Waals surface area contributed by atoms with Crippen LogP contribution in [0.15, 0.2) is 78.6 Å². The van der Waals surface area contributed by atoms with Crippen LogP contribution in [0.4, 0.5) is 10.3 Å². The molecule has 1 aliphatic rings. The normalized spacial score (nSPS) is 18.5. The summed E-state index contributed by atoms with van der Waals surface area (Å²) in [4.78, 5) is 34.9. The number of rotatable bonds is 3. The van der Waals surface area contributed by atoms with Gasteiger partial charge in [0.2, 0.25) is 5.95 Å². The first-order valence-electron chi connectivity index (χ1n) is 8.47. The average molecular weight is 375 g/mol. The van der Waals surface area contributed by atoms with Gasteiger partial charge in [-0.2, -0.15) is 0 Å². The zero-order valence-electron chi connectivity index (χ0n) is 14.5. The van der Waals surface area contributed by atoms with Crippen LogP contribution < -0.4 is 4.90 Å². The molecule has 3 aromatic rings. The van der Waals surface area contributed by atoms with E-state index in [4.69, 9.17) is 0 Å². The third-order valence-electron chi connectivity index (χ3n) is 4.45. The summed E-state index contributed by atoms with van der Waals surface area (Å²) in [6.45, 7) is 0. The molecule has 138 valence electrons. The Morgan fingerprint density at radius 2 is 1.57 bits per heavy atom. The largest absolute Gasteiger partial charge is 0.507 e. The first kappa shape index (κ1) is 17.5. The number of hydrogen-bond acceptors (Lipinski definition) is 5. The number of nitrogens with zero attached hydrogens (tertiary/aromatic N) is 3. The second-order valence-electron chi connectivity index (χ2n) is 6.14. The molecule has 0 bridgehead atoms. The molecular formula is C21H14FN3O3. The van der Waals surface area contributed by atoms with Gasteiger partial charge in [0, 0.05) is 18.0 Å². The smallest absolute Gasteiger partial charge is 0.302 e. The SMILES string of the molecule is O=C1C(=O)N(c2ncccn2)C(c2ccccc2)/C1=C(\O)c1ccc(F)cc1. The number of hydrogen-bond donors (Lipinski definition) is 1. The minimum atomic E-state index is -0.909. The topological polar surface area (TPSA) is 83.4 Å². The highest BCUT2D eigenvalue weighted by molar-refractivity contribution is 6.51. The van der Waals surface area contributed by atoms with E-state index in [-0.39, 0.29) is 22.8 Å². The molecule has 1 saturated heterocycles. The van der Waals surface area contributed by atoms with Gasteiger partial charge < -0.3 is 5.11 Å². The number of Topliss-reactive ketones (excluding diaryl/α,β-unsaturated/α-hetero) is 1. The minimum absolute atomic E-state index is 0.0524. The van der Waals surface area contributed by atoms with E-state index in [0.29, 0.717) is 5.56 Å². The quantitative estimate of drug-likeness (QED) is 0.432. The van der Waals surface area contributed by atoms with Crippen LogP contribution >= 0.6 is 0 Å². The van der Waals surface area contributed by atoms with Crippen LogP contribution in [0, 0.1) is 5.82 Å². The van der Waals surface area contributed by atoms with Gasteiger partial charge in [0.15, 0.2) is 0 Å². The van der Waals surface area contributed by atoms with Gasteiger partial charge in [0.1, 0.15) is 11.6 Å². The lowest BCUT2D eigenvalue weighted by molar-refractivity contribution is -0.132. The van der Waals surface area contributed by atoms with Gasteiger partial charge in [-0.15, -0.1) is 0 Å². The Morgan fingerprint density at radius 1 is 0.929 bits per heavy atom. The predicted molar refractivity (Wildman–Crippen MR) is 99.7 cm³/mol. The Labute approximate surface area is 159 Å². The Morgan fingerprint density at radius 3 is 2.21 bits per heavy atom. The molecule has 0 aliphatic carbocycles. The Bertz CT molecular complexity index is 1070. The highest BCUT2D eigenvalue weighted by atomic mass is 19.1. The number of carbonyl (C=O) groups is 2. The number of aliphatic hydroxyl groups is 1. The van der Waals surface area contributed by atoms with Crippen molar-refractivity contribution in [3.05, 3.63) is 95.6 Å².